The number of nitro groups is 1. The first-order chi connectivity index (χ1) is 9.15. The summed E-state index contributed by atoms with van der Waals surface area (Å²) < 4.78 is 4.61. The second-order valence-corrected chi connectivity index (χ2v) is 4.30. The number of hydrogen-bond acceptors (Lipinski definition) is 5. The number of nitrogens with zero attached hydrogens (tertiary/aromatic N) is 3. The van der Waals surface area contributed by atoms with Gasteiger partial charge in [0.1, 0.15) is 5.52 Å². The van der Waals surface area contributed by atoms with E-state index in [4.69, 9.17) is 11.6 Å². The van der Waals surface area contributed by atoms with E-state index in [0.29, 0.717) is 21.6 Å². The molecule has 0 aliphatic heterocycles. The first-order valence-electron chi connectivity index (χ1n) is 5.32. The maximum atomic E-state index is 10.8. The molecule has 0 N–H and O–H groups in total. The third-order valence-corrected chi connectivity index (χ3v) is 2.99. The maximum absolute atomic E-state index is 10.8. The van der Waals surface area contributed by atoms with E-state index >= 15 is 0 Å². The highest BCUT2D eigenvalue weighted by atomic mass is 35.5. The molecule has 19 heavy (non-hydrogen) atoms. The average molecular weight is 276 g/mol. The van der Waals surface area contributed by atoms with Gasteiger partial charge < -0.3 is 0 Å². The van der Waals surface area contributed by atoms with Crippen molar-refractivity contribution in [2.75, 3.05) is 0 Å². The number of rotatable bonds is 2. The number of nitro benzene ring substituents is 1. The Hall–Kier alpha value is -2.47. The van der Waals surface area contributed by atoms with Crippen molar-refractivity contribution in [3.63, 3.8) is 0 Å². The quantitative estimate of drug-likeness (QED) is 0.528. The van der Waals surface area contributed by atoms with Crippen molar-refractivity contribution in [2.24, 2.45) is 0 Å². The van der Waals surface area contributed by atoms with Gasteiger partial charge in [-0.25, -0.2) is 4.63 Å². The number of non-ortho nitro benzene ring substituents is 1. The molecule has 0 atom stereocenters. The van der Waals surface area contributed by atoms with Gasteiger partial charge >= 0.3 is 0 Å². The molecule has 2 aromatic carbocycles. The number of aromatic nitrogens is 2. The lowest BCUT2D eigenvalue weighted by atomic mass is 10.0. The number of benzene rings is 2. The van der Waals surface area contributed by atoms with Crippen LogP contribution in [-0.4, -0.2) is 15.2 Å². The molecule has 0 spiro atoms. The average Bonchev–Trinajstić information content (AvgIpc) is 2.87. The molecule has 7 heteroatoms. The van der Waals surface area contributed by atoms with Crippen LogP contribution in [0.2, 0.25) is 5.02 Å². The number of fused-ring (bicyclic) bond motifs is 1. The molecule has 1 aromatic heterocycles. The van der Waals surface area contributed by atoms with Gasteiger partial charge in [-0.1, -0.05) is 23.7 Å². The van der Waals surface area contributed by atoms with Crippen LogP contribution < -0.4 is 0 Å². The molecule has 0 bridgehead atoms. The standard InChI is InChI=1S/C12H6ClN3O3/c13-10-5-8(6-11-12(10)15-19-14-11)7-2-1-3-9(4-7)16(17)18/h1-6H. The molecule has 6 nitrogen and oxygen atoms in total. The van der Waals surface area contributed by atoms with Crippen molar-refractivity contribution >= 4 is 28.3 Å². The Morgan fingerprint density at radius 3 is 2.79 bits per heavy atom. The Morgan fingerprint density at radius 1 is 1.16 bits per heavy atom. The molecule has 0 radical (unpaired) electrons. The fraction of sp³-hybridized carbons (Fsp3) is 0. The van der Waals surface area contributed by atoms with Gasteiger partial charge in [0, 0.05) is 12.1 Å². The zero-order valence-electron chi connectivity index (χ0n) is 9.41. The Labute approximate surface area is 111 Å². The normalized spacial score (nSPS) is 10.8. The predicted octanol–water partition coefficient (Wildman–Crippen LogP) is 3.45. The Bertz CT molecular complexity index is 785. The van der Waals surface area contributed by atoms with E-state index in [1.807, 2.05) is 0 Å². The summed E-state index contributed by atoms with van der Waals surface area (Å²) in [6, 6.07) is 9.68. The van der Waals surface area contributed by atoms with Gasteiger partial charge in [-0.3, -0.25) is 10.1 Å². The third-order valence-electron chi connectivity index (χ3n) is 2.70. The summed E-state index contributed by atoms with van der Waals surface area (Å²) in [5, 5.41) is 18.5. The van der Waals surface area contributed by atoms with Crippen LogP contribution in [0, 0.1) is 10.1 Å². The van der Waals surface area contributed by atoms with Crippen LogP contribution in [0.3, 0.4) is 0 Å². The second kappa shape index (κ2) is 4.33. The molecular weight excluding hydrogens is 270 g/mol. The molecule has 94 valence electrons. The number of halogens is 1. The molecule has 3 aromatic rings. The highest BCUT2D eigenvalue weighted by Gasteiger charge is 2.11. The van der Waals surface area contributed by atoms with Gasteiger partial charge in [-0.2, -0.15) is 0 Å². The van der Waals surface area contributed by atoms with Crippen LogP contribution in [0.25, 0.3) is 22.2 Å². The molecular formula is C12H6ClN3O3. The van der Waals surface area contributed by atoms with Gasteiger partial charge in [0.15, 0.2) is 5.52 Å². The number of hydrogen-bond donors (Lipinski definition) is 0. The summed E-state index contributed by atoms with van der Waals surface area (Å²) in [5.41, 5.74) is 2.40. The summed E-state index contributed by atoms with van der Waals surface area (Å²) >= 11 is 6.06. The first-order valence-corrected chi connectivity index (χ1v) is 5.69. The molecule has 0 saturated carbocycles. The minimum Gasteiger partial charge on any atom is -0.258 e. The highest BCUT2D eigenvalue weighted by Crippen LogP contribution is 2.30. The van der Waals surface area contributed by atoms with E-state index in [9.17, 15) is 10.1 Å². The lowest BCUT2D eigenvalue weighted by Crippen LogP contribution is -1.88. The topological polar surface area (TPSA) is 82.1 Å². The van der Waals surface area contributed by atoms with Gasteiger partial charge in [-0.15, -0.1) is 0 Å². The summed E-state index contributed by atoms with van der Waals surface area (Å²) in [5.74, 6) is 0. The zero-order valence-corrected chi connectivity index (χ0v) is 10.2. The molecule has 0 aliphatic rings. The maximum Gasteiger partial charge on any atom is 0.270 e. The summed E-state index contributed by atoms with van der Waals surface area (Å²) in [4.78, 5) is 10.3. The van der Waals surface area contributed by atoms with Crippen LogP contribution >= 0.6 is 11.6 Å². The van der Waals surface area contributed by atoms with Gasteiger partial charge in [0.2, 0.25) is 0 Å². The first kappa shape index (κ1) is 11.6. The van der Waals surface area contributed by atoms with Crippen molar-refractivity contribution in [2.45, 2.75) is 0 Å². The lowest BCUT2D eigenvalue weighted by Gasteiger charge is -2.02. The minimum atomic E-state index is -0.443. The van der Waals surface area contributed by atoms with Gasteiger partial charge in [0.05, 0.1) is 9.95 Å². The van der Waals surface area contributed by atoms with Crippen LogP contribution in [0.4, 0.5) is 5.69 Å². The minimum absolute atomic E-state index is 0.0204. The molecule has 0 amide bonds. The van der Waals surface area contributed by atoms with E-state index in [2.05, 4.69) is 14.9 Å². The largest absolute Gasteiger partial charge is 0.270 e. The van der Waals surface area contributed by atoms with Crippen molar-refractivity contribution < 1.29 is 9.55 Å². The highest BCUT2D eigenvalue weighted by molar-refractivity contribution is 6.35. The Balaban J connectivity index is 2.18. The fourth-order valence-electron chi connectivity index (χ4n) is 1.82. The lowest BCUT2D eigenvalue weighted by molar-refractivity contribution is -0.384. The van der Waals surface area contributed by atoms with Crippen LogP contribution in [0.1, 0.15) is 0 Å². The predicted molar refractivity (Wildman–Crippen MR) is 68.9 cm³/mol. The van der Waals surface area contributed by atoms with Crippen molar-refractivity contribution in [3.05, 3.63) is 51.5 Å². The van der Waals surface area contributed by atoms with Crippen LogP contribution in [0.5, 0.6) is 0 Å². The van der Waals surface area contributed by atoms with Crippen molar-refractivity contribution in [3.8, 4) is 11.1 Å². The Morgan fingerprint density at radius 2 is 2.00 bits per heavy atom. The summed E-state index contributed by atoms with van der Waals surface area (Å²) in [6.45, 7) is 0. The zero-order chi connectivity index (χ0) is 13.4. The SMILES string of the molecule is O=[N+]([O-])c1cccc(-c2cc(Cl)c3nonc3c2)c1. The van der Waals surface area contributed by atoms with Crippen molar-refractivity contribution in [1.82, 2.24) is 10.3 Å². The van der Waals surface area contributed by atoms with Gasteiger partial charge in [0.25, 0.3) is 5.69 Å². The molecule has 1 heterocycles. The van der Waals surface area contributed by atoms with Crippen LogP contribution in [-0.2, 0) is 0 Å². The smallest absolute Gasteiger partial charge is 0.258 e. The van der Waals surface area contributed by atoms with E-state index in [-0.39, 0.29) is 5.69 Å². The monoisotopic (exact) mass is 275 g/mol. The second-order valence-electron chi connectivity index (χ2n) is 3.90. The summed E-state index contributed by atoms with van der Waals surface area (Å²) in [7, 11) is 0. The van der Waals surface area contributed by atoms with E-state index in [1.54, 1.807) is 24.3 Å². The molecule has 0 unspecified atom stereocenters. The van der Waals surface area contributed by atoms with Crippen molar-refractivity contribution in [1.29, 1.82) is 0 Å². The fourth-order valence-corrected chi connectivity index (χ4v) is 2.06. The third kappa shape index (κ3) is 2.02. The summed E-state index contributed by atoms with van der Waals surface area (Å²) in [6.07, 6.45) is 0. The van der Waals surface area contributed by atoms with Crippen LogP contribution in [0.15, 0.2) is 41.0 Å². The molecule has 0 fully saturated rings. The molecule has 0 aliphatic carbocycles. The van der Waals surface area contributed by atoms with E-state index in [0.717, 1.165) is 5.56 Å². The molecule has 3 rings (SSSR count). The van der Waals surface area contributed by atoms with E-state index in [1.165, 1.54) is 12.1 Å². The van der Waals surface area contributed by atoms with Gasteiger partial charge in [-0.05, 0) is 33.6 Å². The molecule has 0 saturated heterocycles. The Kier molecular flexibility index (Phi) is 2.64. The van der Waals surface area contributed by atoms with E-state index < -0.39 is 4.92 Å².